The smallest absolute Gasteiger partial charge is 0.326 e. The number of carbonyl (C=O) groups is 1. The first-order valence-corrected chi connectivity index (χ1v) is 5.91. The summed E-state index contributed by atoms with van der Waals surface area (Å²) in [6.07, 6.45) is 0. The third kappa shape index (κ3) is 3.56. The van der Waals surface area contributed by atoms with Crippen molar-refractivity contribution in [1.82, 2.24) is 5.16 Å². The van der Waals surface area contributed by atoms with Crippen molar-refractivity contribution in [3.63, 3.8) is 0 Å². The molecular formula is C13H16N4O2. The summed E-state index contributed by atoms with van der Waals surface area (Å²) in [5.41, 5.74) is 8.11. The fourth-order valence-electron chi connectivity index (χ4n) is 1.60. The van der Waals surface area contributed by atoms with Crippen LogP contribution in [0, 0.1) is 6.92 Å². The first-order chi connectivity index (χ1) is 9.04. The van der Waals surface area contributed by atoms with Crippen LogP contribution in [0.1, 0.15) is 24.2 Å². The SMILES string of the molecule is Cc1cc(NC(=O)Nc2cccc(C(C)N)c2)on1. The Morgan fingerprint density at radius 3 is 2.79 bits per heavy atom. The van der Waals surface area contributed by atoms with Crippen molar-refractivity contribution >= 4 is 17.6 Å². The summed E-state index contributed by atoms with van der Waals surface area (Å²) in [7, 11) is 0. The number of aryl methyl sites for hydroxylation is 1. The van der Waals surface area contributed by atoms with Crippen molar-refractivity contribution in [3.8, 4) is 0 Å². The Hall–Kier alpha value is -2.34. The molecule has 0 aliphatic carbocycles. The van der Waals surface area contributed by atoms with Gasteiger partial charge in [-0.2, -0.15) is 0 Å². The highest BCUT2D eigenvalue weighted by Crippen LogP contribution is 2.16. The van der Waals surface area contributed by atoms with Crippen LogP contribution in [0.15, 0.2) is 34.9 Å². The minimum Gasteiger partial charge on any atom is -0.338 e. The molecule has 0 aliphatic rings. The molecule has 2 aromatic rings. The van der Waals surface area contributed by atoms with E-state index in [2.05, 4.69) is 15.8 Å². The maximum Gasteiger partial charge on any atom is 0.326 e. The molecule has 2 amide bonds. The number of nitrogens with one attached hydrogen (secondary N) is 2. The molecule has 1 aromatic heterocycles. The Balaban J connectivity index is 2.00. The Labute approximate surface area is 111 Å². The maximum absolute atomic E-state index is 11.7. The molecule has 0 saturated heterocycles. The Morgan fingerprint density at radius 1 is 1.37 bits per heavy atom. The molecule has 100 valence electrons. The highest BCUT2D eigenvalue weighted by molar-refractivity contribution is 5.98. The molecule has 2 rings (SSSR count). The summed E-state index contributed by atoms with van der Waals surface area (Å²) < 4.78 is 4.89. The number of urea groups is 1. The van der Waals surface area contributed by atoms with Crippen LogP contribution in [0.25, 0.3) is 0 Å². The number of anilines is 2. The molecule has 0 fully saturated rings. The monoisotopic (exact) mass is 260 g/mol. The number of hydrogen-bond acceptors (Lipinski definition) is 4. The van der Waals surface area contributed by atoms with Gasteiger partial charge in [0.2, 0.25) is 5.88 Å². The number of nitrogens with zero attached hydrogens (tertiary/aromatic N) is 1. The van der Waals surface area contributed by atoms with Crippen molar-refractivity contribution in [3.05, 3.63) is 41.6 Å². The van der Waals surface area contributed by atoms with Crippen LogP contribution < -0.4 is 16.4 Å². The molecule has 0 radical (unpaired) electrons. The zero-order valence-electron chi connectivity index (χ0n) is 10.8. The normalized spacial score (nSPS) is 11.9. The van der Waals surface area contributed by atoms with Crippen molar-refractivity contribution in [2.75, 3.05) is 10.6 Å². The van der Waals surface area contributed by atoms with Crippen molar-refractivity contribution in [2.24, 2.45) is 5.73 Å². The molecule has 1 aromatic carbocycles. The zero-order valence-corrected chi connectivity index (χ0v) is 10.8. The second-order valence-corrected chi connectivity index (χ2v) is 4.33. The summed E-state index contributed by atoms with van der Waals surface area (Å²) >= 11 is 0. The number of rotatable bonds is 3. The first-order valence-electron chi connectivity index (χ1n) is 5.91. The average molecular weight is 260 g/mol. The van der Waals surface area contributed by atoms with Crippen LogP contribution >= 0.6 is 0 Å². The first kappa shape index (κ1) is 13.1. The molecule has 1 atom stereocenters. The van der Waals surface area contributed by atoms with E-state index in [9.17, 15) is 4.79 Å². The van der Waals surface area contributed by atoms with E-state index < -0.39 is 6.03 Å². The van der Waals surface area contributed by atoms with Gasteiger partial charge in [0.15, 0.2) is 0 Å². The van der Waals surface area contributed by atoms with Gasteiger partial charge in [-0.05, 0) is 31.5 Å². The van der Waals surface area contributed by atoms with Crippen LogP contribution in [-0.2, 0) is 0 Å². The molecule has 6 heteroatoms. The predicted octanol–water partition coefficient (Wildman–Crippen LogP) is 2.65. The fourth-order valence-corrected chi connectivity index (χ4v) is 1.60. The quantitative estimate of drug-likeness (QED) is 0.790. The third-order valence-electron chi connectivity index (χ3n) is 2.53. The van der Waals surface area contributed by atoms with Crippen LogP contribution in [0.3, 0.4) is 0 Å². The second-order valence-electron chi connectivity index (χ2n) is 4.33. The Bertz CT molecular complexity index is 578. The third-order valence-corrected chi connectivity index (χ3v) is 2.53. The molecule has 19 heavy (non-hydrogen) atoms. The summed E-state index contributed by atoms with van der Waals surface area (Å²) in [4.78, 5) is 11.7. The molecular weight excluding hydrogens is 244 g/mol. The molecule has 0 bridgehead atoms. The molecule has 6 nitrogen and oxygen atoms in total. The van der Waals surface area contributed by atoms with Crippen LogP contribution in [0.5, 0.6) is 0 Å². The lowest BCUT2D eigenvalue weighted by Gasteiger charge is -2.09. The van der Waals surface area contributed by atoms with Gasteiger partial charge in [-0.15, -0.1) is 0 Å². The van der Waals surface area contributed by atoms with Gasteiger partial charge < -0.3 is 15.6 Å². The lowest BCUT2D eigenvalue weighted by Crippen LogP contribution is -2.19. The largest absolute Gasteiger partial charge is 0.338 e. The van der Waals surface area contributed by atoms with Gasteiger partial charge in [0.25, 0.3) is 0 Å². The molecule has 0 spiro atoms. The Morgan fingerprint density at radius 2 is 2.16 bits per heavy atom. The van der Waals surface area contributed by atoms with E-state index in [1.165, 1.54) is 0 Å². The van der Waals surface area contributed by atoms with Gasteiger partial charge >= 0.3 is 6.03 Å². The van der Waals surface area contributed by atoms with Gasteiger partial charge in [-0.25, -0.2) is 4.79 Å². The van der Waals surface area contributed by atoms with Crippen LogP contribution in [0.4, 0.5) is 16.4 Å². The highest BCUT2D eigenvalue weighted by Gasteiger charge is 2.07. The summed E-state index contributed by atoms with van der Waals surface area (Å²) in [6, 6.07) is 8.53. The van der Waals surface area contributed by atoms with E-state index in [1.807, 2.05) is 25.1 Å². The number of hydrogen-bond donors (Lipinski definition) is 3. The number of carbonyl (C=O) groups excluding carboxylic acids is 1. The minimum absolute atomic E-state index is 0.0817. The summed E-state index contributed by atoms with van der Waals surface area (Å²) in [5, 5.41) is 8.93. The summed E-state index contributed by atoms with van der Waals surface area (Å²) in [6.45, 7) is 3.66. The van der Waals surface area contributed by atoms with Crippen molar-refractivity contribution in [1.29, 1.82) is 0 Å². The van der Waals surface area contributed by atoms with Crippen molar-refractivity contribution < 1.29 is 9.32 Å². The minimum atomic E-state index is -0.391. The zero-order chi connectivity index (χ0) is 13.8. The average Bonchev–Trinajstić information content (AvgIpc) is 2.74. The molecule has 0 aliphatic heterocycles. The second kappa shape index (κ2) is 5.53. The van der Waals surface area contributed by atoms with E-state index in [1.54, 1.807) is 19.1 Å². The number of aromatic nitrogens is 1. The molecule has 1 heterocycles. The van der Waals surface area contributed by atoms with E-state index >= 15 is 0 Å². The van der Waals surface area contributed by atoms with E-state index in [0.29, 0.717) is 17.3 Å². The fraction of sp³-hybridized carbons (Fsp3) is 0.231. The van der Waals surface area contributed by atoms with Gasteiger partial charge in [-0.3, -0.25) is 5.32 Å². The van der Waals surface area contributed by atoms with E-state index in [-0.39, 0.29) is 6.04 Å². The van der Waals surface area contributed by atoms with Gasteiger partial charge in [0, 0.05) is 17.8 Å². The topological polar surface area (TPSA) is 93.2 Å². The van der Waals surface area contributed by atoms with E-state index in [0.717, 1.165) is 5.56 Å². The van der Waals surface area contributed by atoms with E-state index in [4.69, 9.17) is 10.3 Å². The lowest BCUT2D eigenvalue weighted by atomic mass is 10.1. The number of amides is 2. The van der Waals surface area contributed by atoms with Crippen molar-refractivity contribution in [2.45, 2.75) is 19.9 Å². The molecule has 4 N–H and O–H groups in total. The highest BCUT2D eigenvalue weighted by atomic mass is 16.5. The van der Waals surface area contributed by atoms with Gasteiger partial charge in [-0.1, -0.05) is 17.3 Å². The molecule has 1 unspecified atom stereocenters. The predicted molar refractivity (Wildman–Crippen MR) is 72.9 cm³/mol. The standard InChI is InChI=1S/C13H16N4O2/c1-8-6-12(19-17-8)16-13(18)15-11-5-3-4-10(7-11)9(2)14/h3-7,9H,14H2,1-2H3,(H2,15,16,18). The number of benzene rings is 1. The Kier molecular flexibility index (Phi) is 3.82. The lowest BCUT2D eigenvalue weighted by molar-refractivity contribution is 0.261. The van der Waals surface area contributed by atoms with Gasteiger partial charge in [0.05, 0.1) is 5.69 Å². The maximum atomic E-state index is 11.7. The number of nitrogens with two attached hydrogens (primary N) is 1. The van der Waals surface area contributed by atoms with Gasteiger partial charge in [0.1, 0.15) is 0 Å². The molecule has 0 saturated carbocycles. The summed E-state index contributed by atoms with van der Waals surface area (Å²) in [5.74, 6) is 0.304. The van der Waals surface area contributed by atoms with Crippen LogP contribution in [0.2, 0.25) is 0 Å². The van der Waals surface area contributed by atoms with Crippen LogP contribution in [-0.4, -0.2) is 11.2 Å².